The lowest BCUT2D eigenvalue weighted by atomic mass is 9.80. The molecule has 0 fully saturated rings. The zero-order valence-corrected chi connectivity index (χ0v) is 21.0. The van der Waals surface area contributed by atoms with Crippen LogP contribution in [-0.4, -0.2) is 25.1 Å². The van der Waals surface area contributed by atoms with Crippen molar-refractivity contribution in [1.29, 1.82) is 5.26 Å². The number of hydrogen-bond donors (Lipinski definition) is 1. The summed E-state index contributed by atoms with van der Waals surface area (Å²) in [5.74, 6) is 1.46. The normalized spacial score (nSPS) is 15.6. The van der Waals surface area contributed by atoms with Crippen LogP contribution in [0.1, 0.15) is 46.1 Å². The monoisotopic (exact) mass is 489 g/mol. The van der Waals surface area contributed by atoms with Gasteiger partial charge in [0.05, 0.1) is 42.6 Å². The molecule has 0 aliphatic heterocycles. The van der Waals surface area contributed by atoms with Crippen LogP contribution in [-0.2, 0) is 6.42 Å². The van der Waals surface area contributed by atoms with E-state index in [1.807, 2.05) is 42.5 Å². The number of aromatic nitrogens is 1. The molecule has 184 valence electrons. The third-order valence-corrected chi connectivity index (χ3v) is 6.68. The Morgan fingerprint density at radius 2 is 1.81 bits per heavy atom. The third kappa shape index (κ3) is 4.64. The molecule has 1 aromatic heterocycles. The first-order chi connectivity index (χ1) is 18.0. The number of pyridine rings is 1. The average molecular weight is 490 g/mol. The molecule has 4 aromatic rings. The van der Waals surface area contributed by atoms with E-state index < -0.39 is 0 Å². The Kier molecular flexibility index (Phi) is 6.61. The molecule has 6 nitrogen and oxygen atoms in total. The smallest absolute Gasteiger partial charge is 0.256 e. The number of allylic oxidation sites excluding steroid dienone is 1. The average Bonchev–Trinajstić information content (AvgIpc) is 2.92. The van der Waals surface area contributed by atoms with Crippen molar-refractivity contribution in [2.75, 3.05) is 19.5 Å². The second kappa shape index (κ2) is 10.2. The van der Waals surface area contributed by atoms with E-state index in [9.17, 15) is 4.79 Å². The van der Waals surface area contributed by atoms with Crippen LogP contribution in [0.3, 0.4) is 0 Å². The lowest BCUT2D eigenvalue weighted by Gasteiger charge is -2.27. The lowest BCUT2D eigenvalue weighted by molar-refractivity contribution is 0.102. The van der Waals surface area contributed by atoms with E-state index in [4.69, 9.17) is 19.7 Å². The molecular formula is C31H27N3O3. The van der Waals surface area contributed by atoms with Crippen molar-refractivity contribution < 1.29 is 14.3 Å². The number of amides is 1. The number of hydrogen-bond acceptors (Lipinski definition) is 5. The van der Waals surface area contributed by atoms with Gasteiger partial charge in [0.25, 0.3) is 5.91 Å². The molecule has 1 aliphatic carbocycles. The van der Waals surface area contributed by atoms with E-state index in [2.05, 4.69) is 24.4 Å². The molecule has 1 heterocycles. The molecular weight excluding hydrogens is 462 g/mol. The predicted molar refractivity (Wildman–Crippen MR) is 146 cm³/mol. The van der Waals surface area contributed by atoms with Gasteiger partial charge in [-0.3, -0.25) is 4.79 Å². The summed E-state index contributed by atoms with van der Waals surface area (Å²) in [4.78, 5) is 18.8. The molecule has 0 radical (unpaired) electrons. The predicted octanol–water partition coefficient (Wildman–Crippen LogP) is 6.50. The minimum Gasteiger partial charge on any atom is -0.493 e. The SMILES string of the molecule is COc1cccc(C=C2CC(C)Cc3c2nc2ccccc2c3C(=O)Nc2ccc(C#N)cc2)c1OC. The fraction of sp³-hybridized carbons (Fsp3) is 0.194. The summed E-state index contributed by atoms with van der Waals surface area (Å²) in [6, 6.07) is 22.5. The van der Waals surface area contributed by atoms with Gasteiger partial charge in [-0.1, -0.05) is 37.3 Å². The van der Waals surface area contributed by atoms with E-state index in [0.29, 0.717) is 34.2 Å². The lowest BCUT2D eigenvalue weighted by Crippen LogP contribution is -2.21. The zero-order chi connectivity index (χ0) is 25.9. The number of carbonyl (C=O) groups is 1. The number of nitrogens with one attached hydrogen (secondary N) is 1. The van der Waals surface area contributed by atoms with Gasteiger partial charge in [-0.25, -0.2) is 4.98 Å². The molecule has 0 saturated heterocycles. The number of benzene rings is 3. The summed E-state index contributed by atoms with van der Waals surface area (Å²) in [7, 11) is 3.26. The number of nitrogens with zero attached hydrogens (tertiary/aromatic N) is 2. The number of methoxy groups -OCH3 is 2. The summed E-state index contributed by atoms with van der Waals surface area (Å²) >= 11 is 0. The first kappa shape index (κ1) is 24.1. The van der Waals surface area contributed by atoms with E-state index in [0.717, 1.165) is 46.1 Å². The summed E-state index contributed by atoms with van der Waals surface area (Å²) in [5, 5.41) is 12.9. The van der Waals surface area contributed by atoms with Crippen LogP contribution in [0.2, 0.25) is 0 Å². The van der Waals surface area contributed by atoms with Crippen LogP contribution >= 0.6 is 0 Å². The Hall–Kier alpha value is -4.63. The Labute approximate surface area is 216 Å². The van der Waals surface area contributed by atoms with Crippen molar-refractivity contribution in [3.63, 3.8) is 0 Å². The summed E-state index contributed by atoms with van der Waals surface area (Å²) in [6.45, 7) is 2.19. The molecule has 6 heteroatoms. The van der Waals surface area contributed by atoms with E-state index in [1.165, 1.54) is 0 Å². The van der Waals surface area contributed by atoms with Crippen LogP contribution in [0.25, 0.3) is 22.6 Å². The highest BCUT2D eigenvalue weighted by Gasteiger charge is 2.28. The van der Waals surface area contributed by atoms with Gasteiger partial charge in [-0.2, -0.15) is 5.26 Å². The quantitative estimate of drug-likeness (QED) is 0.346. The van der Waals surface area contributed by atoms with Gasteiger partial charge >= 0.3 is 0 Å². The summed E-state index contributed by atoms with van der Waals surface area (Å²) in [6.07, 6.45) is 3.67. The molecule has 3 aromatic carbocycles. The number of para-hydroxylation sites is 2. The van der Waals surface area contributed by atoms with Crippen molar-refractivity contribution in [3.05, 3.63) is 94.7 Å². The Morgan fingerprint density at radius 3 is 2.54 bits per heavy atom. The summed E-state index contributed by atoms with van der Waals surface area (Å²) < 4.78 is 11.2. The van der Waals surface area contributed by atoms with E-state index in [1.54, 1.807) is 38.5 Å². The molecule has 0 saturated carbocycles. The molecule has 1 aliphatic rings. The number of carbonyl (C=O) groups excluding carboxylic acids is 1. The molecule has 1 atom stereocenters. The van der Waals surface area contributed by atoms with Crippen molar-refractivity contribution in [2.24, 2.45) is 5.92 Å². The van der Waals surface area contributed by atoms with Crippen molar-refractivity contribution in [3.8, 4) is 17.6 Å². The van der Waals surface area contributed by atoms with Gasteiger partial charge in [-0.15, -0.1) is 0 Å². The van der Waals surface area contributed by atoms with Gasteiger partial charge in [0.1, 0.15) is 0 Å². The molecule has 0 spiro atoms. The van der Waals surface area contributed by atoms with Gasteiger partial charge in [0, 0.05) is 16.6 Å². The van der Waals surface area contributed by atoms with E-state index >= 15 is 0 Å². The Bertz CT molecular complexity index is 1570. The van der Waals surface area contributed by atoms with Gasteiger partial charge in [0.2, 0.25) is 0 Å². The first-order valence-electron chi connectivity index (χ1n) is 12.2. The van der Waals surface area contributed by atoms with Gasteiger partial charge < -0.3 is 14.8 Å². The largest absolute Gasteiger partial charge is 0.493 e. The maximum Gasteiger partial charge on any atom is 0.256 e. The number of nitriles is 1. The third-order valence-electron chi connectivity index (χ3n) is 6.68. The Morgan fingerprint density at radius 1 is 1.03 bits per heavy atom. The van der Waals surface area contributed by atoms with Crippen LogP contribution in [0.4, 0.5) is 5.69 Å². The molecule has 0 bridgehead atoms. The van der Waals surface area contributed by atoms with Crippen LogP contribution in [0.15, 0.2) is 66.7 Å². The molecule has 1 N–H and O–H groups in total. The minimum atomic E-state index is -0.188. The second-order valence-corrected chi connectivity index (χ2v) is 9.24. The molecule has 1 unspecified atom stereocenters. The topological polar surface area (TPSA) is 84.2 Å². The number of rotatable bonds is 5. The van der Waals surface area contributed by atoms with E-state index in [-0.39, 0.29) is 5.91 Å². The highest BCUT2D eigenvalue weighted by atomic mass is 16.5. The number of anilines is 1. The van der Waals surface area contributed by atoms with Gasteiger partial charge in [-0.05, 0) is 72.4 Å². The maximum atomic E-state index is 13.8. The van der Waals surface area contributed by atoms with Crippen molar-refractivity contribution >= 4 is 34.1 Å². The first-order valence-corrected chi connectivity index (χ1v) is 12.2. The van der Waals surface area contributed by atoms with Crippen molar-refractivity contribution in [1.82, 2.24) is 4.98 Å². The highest BCUT2D eigenvalue weighted by Crippen LogP contribution is 2.41. The van der Waals surface area contributed by atoms with Crippen LogP contribution in [0.5, 0.6) is 11.5 Å². The fourth-order valence-corrected chi connectivity index (χ4v) is 5.03. The standard InChI is InChI=1S/C31H27N3O3/c1-19-15-22(17-21-7-6-10-27(36-2)30(21)37-3)29-25(16-19)28(24-8-4-5-9-26(24)34-29)31(35)33-23-13-11-20(18-32)12-14-23/h4-14,17,19H,15-16H2,1-3H3,(H,33,35). The highest BCUT2D eigenvalue weighted by molar-refractivity contribution is 6.14. The van der Waals surface area contributed by atoms with Crippen LogP contribution < -0.4 is 14.8 Å². The molecule has 5 rings (SSSR count). The Balaban J connectivity index is 1.67. The fourth-order valence-electron chi connectivity index (χ4n) is 5.03. The minimum absolute atomic E-state index is 0.188. The maximum absolute atomic E-state index is 13.8. The number of ether oxygens (including phenoxy) is 2. The zero-order valence-electron chi connectivity index (χ0n) is 21.0. The molecule has 37 heavy (non-hydrogen) atoms. The van der Waals surface area contributed by atoms with Crippen molar-refractivity contribution in [2.45, 2.75) is 19.8 Å². The van der Waals surface area contributed by atoms with Crippen LogP contribution in [0, 0.1) is 17.2 Å². The second-order valence-electron chi connectivity index (χ2n) is 9.24. The van der Waals surface area contributed by atoms with Gasteiger partial charge in [0.15, 0.2) is 11.5 Å². The molecule has 1 amide bonds. The summed E-state index contributed by atoms with van der Waals surface area (Å²) in [5.41, 5.74) is 6.32. The number of fused-ring (bicyclic) bond motifs is 2.